The van der Waals surface area contributed by atoms with Crippen molar-refractivity contribution < 1.29 is 0 Å². The van der Waals surface area contributed by atoms with Crippen LogP contribution in [0.4, 0.5) is 0 Å². The fourth-order valence-corrected chi connectivity index (χ4v) is 4.34. The average Bonchev–Trinajstić information content (AvgIpc) is 2.73. The van der Waals surface area contributed by atoms with Crippen LogP contribution in [0.1, 0.15) is 42.4 Å². The molecular weight excluding hydrogens is 304 g/mol. The van der Waals surface area contributed by atoms with Crippen molar-refractivity contribution in [3.8, 4) is 0 Å². The van der Waals surface area contributed by atoms with Gasteiger partial charge in [-0.3, -0.25) is 0 Å². The maximum absolute atomic E-state index is 3.89. The Bertz CT molecular complexity index is 555. The van der Waals surface area contributed by atoms with Crippen LogP contribution in [0.15, 0.2) is 18.2 Å². The predicted octanol–water partition coefficient (Wildman–Crippen LogP) is 5.77. The molecule has 0 aliphatic rings. The third kappa shape index (κ3) is 2.41. The first-order chi connectivity index (χ1) is 8.41. The van der Waals surface area contributed by atoms with Crippen LogP contribution in [-0.4, -0.2) is 0 Å². The highest BCUT2D eigenvalue weighted by atomic mass is 79.9. The van der Waals surface area contributed by atoms with E-state index in [4.69, 9.17) is 0 Å². The van der Waals surface area contributed by atoms with Crippen molar-refractivity contribution in [1.82, 2.24) is 0 Å². The second-order valence-electron chi connectivity index (χ2n) is 4.99. The summed E-state index contributed by atoms with van der Waals surface area (Å²) in [5, 5.41) is 0. The molecule has 0 N–H and O–H groups in total. The van der Waals surface area contributed by atoms with Crippen LogP contribution in [0.3, 0.4) is 0 Å². The van der Waals surface area contributed by atoms with Gasteiger partial charge in [0.1, 0.15) is 0 Å². The molecule has 0 amide bonds. The van der Waals surface area contributed by atoms with Gasteiger partial charge in [0.15, 0.2) is 0 Å². The van der Waals surface area contributed by atoms with Crippen LogP contribution in [0, 0.1) is 34.6 Å². The molecule has 1 aromatic heterocycles. The number of aryl methyl sites for hydroxylation is 3. The zero-order chi connectivity index (χ0) is 13.4. The first-order valence-corrected chi connectivity index (χ1v) is 7.92. The molecule has 0 radical (unpaired) electrons. The summed E-state index contributed by atoms with van der Waals surface area (Å²) < 4.78 is 0. The lowest BCUT2D eigenvalue weighted by Crippen LogP contribution is -2.02. The van der Waals surface area contributed by atoms with E-state index in [0.717, 1.165) is 0 Å². The largest absolute Gasteiger partial charge is 0.144 e. The third-order valence-corrected chi connectivity index (χ3v) is 6.01. The van der Waals surface area contributed by atoms with E-state index in [1.807, 2.05) is 11.3 Å². The van der Waals surface area contributed by atoms with Gasteiger partial charge in [0, 0.05) is 9.75 Å². The number of rotatable bonds is 2. The van der Waals surface area contributed by atoms with Crippen LogP contribution in [0.5, 0.6) is 0 Å². The number of alkyl halides is 1. The van der Waals surface area contributed by atoms with E-state index in [1.165, 1.54) is 37.6 Å². The van der Waals surface area contributed by atoms with Gasteiger partial charge >= 0.3 is 0 Å². The zero-order valence-corrected chi connectivity index (χ0v) is 14.0. The molecule has 96 valence electrons. The predicted molar refractivity (Wildman–Crippen MR) is 85.2 cm³/mol. The summed E-state index contributed by atoms with van der Waals surface area (Å²) in [5.74, 6) is 0. The van der Waals surface area contributed by atoms with Gasteiger partial charge < -0.3 is 0 Å². The van der Waals surface area contributed by atoms with Gasteiger partial charge in [-0.15, -0.1) is 11.3 Å². The van der Waals surface area contributed by atoms with Crippen molar-refractivity contribution in [2.75, 3.05) is 0 Å². The van der Waals surface area contributed by atoms with Crippen LogP contribution in [0.25, 0.3) is 0 Å². The highest BCUT2D eigenvalue weighted by molar-refractivity contribution is 9.09. The molecule has 2 aromatic rings. The van der Waals surface area contributed by atoms with Crippen molar-refractivity contribution in [1.29, 1.82) is 0 Å². The van der Waals surface area contributed by atoms with Crippen LogP contribution in [-0.2, 0) is 0 Å². The van der Waals surface area contributed by atoms with E-state index in [1.54, 1.807) is 0 Å². The summed E-state index contributed by atoms with van der Waals surface area (Å²) >= 11 is 5.76. The molecule has 0 aliphatic heterocycles. The number of halogens is 1. The molecule has 0 bridgehead atoms. The fraction of sp³-hybridized carbons (Fsp3) is 0.375. The molecule has 1 heterocycles. The second kappa shape index (κ2) is 5.18. The maximum Gasteiger partial charge on any atom is 0.0743 e. The SMILES string of the molecule is Cc1ccc(C(Br)c2c(C)c(C)cc(C)c2C)s1. The quantitative estimate of drug-likeness (QED) is 0.615. The van der Waals surface area contributed by atoms with E-state index in [2.05, 4.69) is 68.7 Å². The normalized spacial score (nSPS) is 12.8. The van der Waals surface area contributed by atoms with Crippen LogP contribution in [0.2, 0.25) is 0 Å². The molecule has 1 aromatic carbocycles. The highest BCUT2D eigenvalue weighted by Gasteiger charge is 2.19. The summed E-state index contributed by atoms with van der Waals surface area (Å²) in [6, 6.07) is 6.71. The smallest absolute Gasteiger partial charge is 0.0743 e. The minimum absolute atomic E-state index is 0.315. The maximum atomic E-state index is 3.89. The lowest BCUT2D eigenvalue weighted by Gasteiger charge is -2.19. The molecule has 1 unspecified atom stereocenters. The topological polar surface area (TPSA) is 0 Å². The van der Waals surface area contributed by atoms with Gasteiger partial charge in [-0.25, -0.2) is 0 Å². The van der Waals surface area contributed by atoms with Gasteiger partial charge in [-0.2, -0.15) is 0 Å². The van der Waals surface area contributed by atoms with Gasteiger partial charge in [0.2, 0.25) is 0 Å². The summed E-state index contributed by atoms with van der Waals surface area (Å²) in [7, 11) is 0. The van der Waals surface area contributed by atoms with E-state index in [0.29, 0.717) is 4.83 Å². The highest BCUT2D eigenvalue weighted by Crippen LogP contribution is 2.39. The first kappa shape index (κ1) is 13.8. The van der Waals surface area contributed by atoms with Gasteiger partial charge in [0.25, 0.3) is 0 Å². The summed E-state index contributed by atoms with van der Waals surface area (Å²) in [6.45, 7) is 11.0. The standard InChI is InChI=1S/C16H19BrS/c1-9-8-10(2)13(5)15(12(9)4)16(17)14-7-6-11(3)18-14/h6-8,16H,1-5H3. The van der Waals surface area contributed by atoms with Crippen molar-refractivity contribution in [3.63, 3.8) is 0 Å². The summed E-state index contributed by atoms with van der Waals surface area (Å²) in [5.41, 5.74) is 7.02. The molecular formula is C16H19BrS. The van der Waals surface area contributed by atoms with Crippen LogP contribution >= 0.6 is 27.3 Å². The molecule has 1 atom stereocenters. The monoisotopic (exact) mass is 322 g/mol. The van der Waals surface area contributed by atoms with E-state index in [9.17, 15) is 0 Å². The van der Waals surface area contributed by atoms with Gasteiger partial charge in [0.05, 0.1) is 4.83 Å². The fourth-order valence-electron chi connectivity index (χ4n) is 2.36. The Morgan fingerprint density at radius 2 is 1.50 bits per heavy atom. The molecule has 18 heavy (non-hydrogen) atoms. The summed E-state index contributed by atoms with van der Waals surface area (Å²) in [4.78, 5) is 3.08. The molecule has 0 fully saturated rings. The Morgan fingerprint density at radius 1 is 0.944 bits per heavy atom. The van der Waals surface area contributed by atoms with E-state index >= 15 is 0 Å². The molecule has 0 aliphatic carbocycles. The van der Waals surface area contributed by atoms with Crippen molar-refractivity contribution >= 4 is 27.3 Å². The van der Waals surface area contributed by atoms with Crippen molar-refractivity contribution in [2.24, 2.45) is 0 Å². The van der Waals surface area contributed by atoms with E-state index < -0.39 is 0 Å². The van der Waals surface area contributed by atoms with Crippen molar-refractivity contribution in [2.45, 2.75) is 39.4 Å². The lowest BCUT2D eigenvalue weighted by molar-refractivity contribution is 1.09. The third-order valence-electron chi connectivity index (χ3n) is 3.69. The Labute approximate surface area is 122 Å². The Hall–Kier alpha value is -0.600. The minimum atomic E-state index is 0.315. The average molecular weight is 323 g/mol. The van der Waals surface area contributed by atoms with Crippen LogP contribution < -0.4 is 0 Å². The second-order valence-corrected chi connectivity index (χ2v) is 7.22. The number of thiophene rings is 1. The minimum Gasteiger partial charge on any atom is -0.144 e. The van der Waals surface area contributed by atoms with Crippen molar-refractivity contribution in [3.05, 3.63) is 55.8 Å². The number of hydrogen-bond acceptors (Lipinski definition) is 1. The number of benzene rings is 1. The zero-order valence-electron chi connectivity index (χ0n) is 11.6. The molecule has 0 saturated heterocycles. The van der Waals surface area contributed by atoms with E-state index in [-0.39, 0.29) is 0 Å². The Morgan fingerprint density at radius 3 is 1.94 bits per heavy atom. The molecule has 0 saturated carbocycles. The Balaban J connectivity index is 2.57. The Kier molecular flexibility index (Phi) is 3.98. The number of hydrogen-bond donors (Lipinski definition) is 0. The van der Waals surface area contributed by atoms with Gasteiger partial charge in [-0.05, 0) is 74.6 Å². The molecule has 0 spiro atoms. The first-order valence-electron chi connectivity index (χ1n) is 6.19. The summed E-state index contributed by atoms with van der Waals surface area (Å²) in [6.07, 6.45) is 0. The van der Waals surface area contributed by atoms with Gasteiger partial charge in [-0.1, -0.05) is 22.0 Å². The molecule has 2 heteroatoms. The molecule has 2 rings (SSSR count). The lowest BCUT2D eigenvalue weighted by atomic mass is 9.92. The molecule has 0 nitrogen and oxygen atoms in total.